The minimum Gasteiger partial charge on any atom is -0.316 e. The van der Waals surface area contributed by atoms with Crippen molar-refractivity contribution in [2.24, 2.45) is 5.92 Å². The molecule has 0 aliphatic rings. The van der Waals surface area contributed by atoms with Gasteiger partial charge in [-0.25, -0.2) is 8.78 Å². The normalized spacial score (nSPS) is 11.2. The molecule has 1 rings (SSSR count). The number of hydrogen-bond donors (Lipinski definition) is 1. The molecule has 1 aromatic rings. The maximum absolute atomic E-state index is 13.3. The zero-order chi connectivity index (χ0) is 14.1. The molecular weight excluding hydrogens is 244 g/mol. The first-order valence-electron chi connectivity index (χ1n) is 7.24. The van der Waals surface area contributed by atoms with Crippen molar-refractivity contribution < 1.29 is 8.78 Å². The van der Waals surface area contributed by atoms with Crippen molar-refractivity contribution in [1.29, 1.82) is 0 Å². The number of unbranched alkanes of at least 4 members (excludes halogenated alkanes) is 3. The first-order valence-corrected chi connectivity index (χ1v) is 7.24. The molecule has 0 saturated carbocycles. The molecule has 19 heavy (non-hydrogen) atoms. The number of nitrogens with one attached hydrogen (secondary N) is 1. The van der Waals surface area contributed by atoms with Gasteiger partial charge in [-0.3, -0.25) is 0 Å². The Balaban J connectivity index is 2.06. The van der Waals surface area contributed by atoms with Crippen LogP contribution in [0, 0.1) is 17.6 Å². The highest BCUT2D eigenvalue weighted by atomic mass is 19.1. The fraction of sp³-hybridized carbons (Fsp3) is 0.625. The molecule has 3 heteroatoms. The van der Waals surface area contributed by atoms with Gasteiger partial charge in [0.2, 0.25) is 0 Å². The van der Waals surface area contributed by atoms with Crippen LogP contribution in [-0.2, 0) is 6.42 Å². The van der Waals surface area contributed by atoms with Gasteiger partial charge < -0.3 is 5.32 Å². The van der Waals surface area contributed by atoms with E-state index in [2.05, 4.69) is 19.2 Å². The molecule has 0 aromatic heterocycles. The van der Waals surface area contributed by atoms with Crippen LogP contribution in [0.3, 0.4) is 0 Å². The Hall–Kier alpha value is -0.960. The van der Waals surface area contributed by atoms with Crippen LogP contribution >= 0.6 is 0 Å². The summed E-state index contributed by atoms with van der Waals surface area (Å²) in [4.78, 5) is 0. The van der Waals surface area contributed by atoms with Gasteiger partial charge in [0, 0.05) is 0 Å². The molecular formula is C16H25F2N. The summed E-state index contributed by atoms with van der Waals surface area (Å²) < 4.78 is 26.3. The van der Waals surface area contributed by atoms with Gasteiger partial charge in [0.05, 0.1) is 0 Å². The van der Waals surface area contributed by atoms with Gasteiger partial charge in [0.15, 0.2) is 0 Å². The molecule has 1 nitrogen and oxygen atoms in total. The van der Waals surface area contributed by atoms with Crippen LogP contribution in [0.1, 0.15) is 45.1 Å². The first-order chi connectivity index (χ1) is 9.09. The third-order valence-corrected chi connectivity index (χ3v) is 3.11. The summed E-state index contributed by atoms with van der Waals surface area (Å²) in [6.07, 6.45) is 4.91. The van der Waals surface area contributed by atoms with E-state index in [4.69, 9.17) is 0 Å². The Kier molecular flexibility index (Phi) is 7.65. The highest BCUT2D eigenvalue weighted by molar-refractivity contribution is 5.18. The summed E-state index contributed by atoms with van der Waals surface area (Å²) in [5.41, 5.74) is 0.498. The van der Waals surface area contributed by atoms with E-state index in [1.807, 2.05) is 0 Å². The van der Waals surface area contributed by atoms with E-state index >= 15 is 0 Å². The Labute approximate surface area is 115 Å². The molecule has 0 aliphatic carbocycles. The molecule has 108 valence electrons. The van der Waals surface area contributed by atoms with Gasteiger partial charge >= 0.3 is 0 Å². The lowest BCUT2D eigenvalue weighted by molar-refractivity contribution is 0.524. The summed E-state index contributed by atoms with van der Waals surface area (Å²) in [5, 5.41) is 3.40. The predicted molar refractivity (Wildman–Crippen MR) is 76.2 cm³/mol. The lowest BCUT2D eigenvalue weighted by Crippen LogP contribution is -2.20. The van der Waals surface area contributed by atoms with E-state index in [-0.39, 0.29) is 11.6 Å². The van der Waals surface area contributed by atoms with Crippen LogP contribution < -0.4 is 5.32 Å². The van der Waals surface area contributed by atoms with E-state index in [1.54, 1.807) is 0 Å². The minimum atomic E-state index is -0.353. The second kappa shape index (κ2) is 9.03. The lowest BCUT2D eigenvalue weighted by Gasteiger charge is -2.07. The average molecular weight is 269 g/mol. The van der Waals surface area contributed by atoms with Crippen molar-refractivity contribution >= 4 is 0 Å². The molecule has 0 saturated heterocycles. The van der Waals surface area contributed by atoms with Crippen molar-refractivity contribution in [1.82, 2.24) is 5.32 Å². The summed E-state index contributed by atoms with van der Waals surface area (Å²) in [5.74, 6) is 0.0465. The quantitative estimate of drug-likeness (QED) is 0.659. The minimum absolute atomic E-state index is 0.292. The molecule has 0 spiro atoms. The standard InChI is InChI=1S/C16H25F2N/c1-13(2)12-19-10-6-4-3-5-7-14-11-15(17)8-9-16(14)18/h8-9,11,13,19H,3-7,10,12H2,1-2H3. The van der Waals surface area contributed by atoms with Gasteiger partial charge in [0.25, 0.3) is 0 Å². The predicted octanol–water partition coefficient (Wildman–Crippen LogP) is 4.31. The second-order valence-electron chi connectivity index (χ2n) is 5.50. The molecule has 0 unspecified atom stereocenters. The molecule has 0 amide bonds. The van der Waals surface area contributed by atoms with Crippen LogP contribution in [-0.4, -0.2) is 13.1 Å². The average Bonchev–Trinajstić information content (AvgIpc) is 2.36. The van der Waals surface area contributed by atoms with E-state index in [0.29, 0.717) is 17.9 Å². The molecule has 0 heterocycles. The van der Waals surface area contributed by atoms with Gasteiger partial charge in [-0.2, -0.15) is 0 Å². The smallest absolute Gasteiger partial charge is 0.126 e. The summed E-state index contributed by atoms with van der Waals surface area (Å²) in [6, 6.07) is 3.68. The maximum atomic E-state index is 13.3. The summed E-state index contributed by atoms with van der Waals surface area (Å²) >= 11 is 0. The topological polar surface area (TPSA) is 12.0 Å². The summed E-state index contributed by atoms with van der Waals surface area (Å²) in [6.45, 7) is 6.50. The van der Waals surface area contributed by atoms with Gasteiger partial charge in [-0.15, -0.1) is 0 Å². The summed E-state index contributed by atoms with van der Waals surface area (Å²) in [7, 11) is 0. The fourth-order valence-electron chi connectivity index (χ4n) is 2.04. The number of hydrogen-bond acceptors (Lipinski definition) is 1. The van der Waals surface area contributed by atoms with Crippen molar-refractivity contribution in [2.45, 2.75) is 46.0 Å². The van der Waals surface area contributed by atoms with Crippen LogP contribution in [0.5, 0.6) is 0 Å². The molecule has 0 atom stereocenters. The second-order valence-corrected chi connectivity index (χ2v) is 5.50. The maximum Gasteiger partial charge on any atom is 0.126 e. The third kappa shape index (κ3) is 7.26. The van der Waals surface area contributed by atoms with E-state index in [9.17, 15) is 8.78 Å². The lowest BCUT2D eigenvalue weighted by atomic mass is 10.1. The van der Waals surface area contributed by atoms with Crippen LogP contribution in [0.4, 0.5) is 8.78 Å². The van der Waals surface area contributed by atoms with Crippen molar-refractivity contribution in [3.05, 3.63) is 35.4 Å². The molecule has 0 bridgehead atoms. The zero-order valence-electron chi connectivity index (χ0n) is 12.0. The van der Waals surface area contributed by atoms with E-state index < -0.39 is 0 Å². The van der Waals surface area contributed by atoms with Crippen LogP contribution in [0.25, 0.3) is 0 Å². The fourth-order valence-corrected chi connectivity index (χ4v) is 2.04. The highest BCUT2D eigenvalue weighted by Crippen LogP contribution is 2.13. The largest absolute Gasteiger partial charge is 0.316 e. The number of benzene rings is 1. The van der Waals surface area contributed by atoms with Crippen molar-refractivity contribution in [3.8, 4) is 0 Å². The Morgan fingerprint density at radius 3 is 2.53 bits per heavy atom. The van der Waals surface area contributed by atoms with E-state index in [0.717, 1.165) is 38.8 Å². The highest BCUT2D eigenvalue weighted by Gasteiger charge is 2.03. The van der Waals surface area contributed by atoms with Gasteiger partial charge in [0.1, 0.15) is 11.6 Å². The van der Waals surface area contributed by atoms with Gasteiger partial charge in [-0.1, -0.05) is 26.7 Å². The zero-order valence-corrected chi connectivity index (χ0v) is 12.0. The monoisotopic (exact) mass is 269 g/mol. The molecule has 1 N–H and O–H groups in total. The van der Waals surface area contributed by atoms with Crippen LogP contribution in [0.2, 0.25) is 0 Å². The van der Waals surface area contributed by atoms with Crippen LogP contribution in [0.15, 0.2) is 18.2 Å². The van der Waals surface area contributed by atoms with Crippen molar-refractivity contribution in [3.63, 3.8) is 0 Å². The number of aryl methyl sites for hydroxylation is 1. The Morgan fingerprint density at radius 2 is 1.79 bits per heavy atom. The molecule has 0 aliphatic heterocycles. The van der Waals surface area contributed by atoms with Gasteiger partial charge in [-0.05, 0) is 62.0 Å². The number of rotatable bonds is 9. The molecule has 0 fully saturated rings. The molecule has 0 radical (unpaired) electrons. The van der Waals surface area contributed by atoms with E-state index in [1.165, 1.54) is 18.2 Å². The third-order valence-electron chi connectivity index (χ3n) is 3.11. The SMILES string of the molecule is CC(C)CNCCCCCCc1cc(F)ccc1F. The molecule has 1 aromatic carbocycles. The van der Waals surface area contributed by atoms with Crippen molar-refractivity contribution in [2.75, 3.05) is 13.1 Å². The first kappa shape index (κ1) is 16.1. The number of halogens is 2. The Bertz CT molecular complexity index is 364. The Morgan fingerprint density at radius 1 is 1.05 bits per heavy atom.